The Bertz CT molecular complexity index is 659. The fourth-order valence-corrected chi connectivity index (χ4v) is 2.86. The Kier molecular flexibility index (Phi) is 5.25. The average Bonchev–Trinajstić information content (AvgIpc) is 2.84. The third-order valence-electron chi connectivity index (χ3n) is 3.93. The second-order valence-electron chi connectivity index (χ2n) is 5.67. The molecule has 1 saturated heterocycles. The third kappa shape index (κ3) is 4.30. The predicted molar refractivity (Wildman–Crippen MR) is 91.3 cm³/mol. The summed E-state index contributed by atoms with van der Waals surface area (Å²) < 4.78 is 5.49. The molecule has 1 atom stereocenters. The Morgan fingerprint density at radius 1 is 1.26 bits per heavy atom. The van der Waals surface area contributed by atoms with Crippen molar-refractivity contribution in [1.82, 2.24) is 15.0 Å². The lowest BCUT2D eigenvalue weighted by molar-refractivity contribution is 0.142. The van der Waals surface area contributed by atoms with Gasteiger partial charge in [-0.1, -0.05) is 11.6 Å². The summed E-state index contributed by atoms with van der Waals surface area (Å²) in [5, 5.41) is 3.87. The minimum absolute atomic E-state index is 0.406. The highest BCUT2D eigenvalue weighted by molar-refractivity contribution is 6.33. The highest BCUT2D eigenvalue weighted by Crippen LogP contribution is 2.27. The van der Waals surface area contributed by atoms with Crippen LogP contribution in [0.15, 0.2) is 24.7 Å². The number of nitrogens with zero attached hydrogens (tertiary/aromatic N) is 3. The van der Waals surface area contributed by atoms with E-state index >= 15 is 0 Å². The van der Waals surface area contributed by atoms with E-state index in [1.165, 1.54) is 12.6 Å². The first kappa shape index (κ1) is 16.0. The molecule has 0 aliphatic carbocycles. The molecule has 0 radical (unpaired) electrons. The first-order valence-electron chi connectivity index (χ1n) is 7.77. The minimum Gasteiger partial charge on any atom is -0.384 e. The quantitative estimate of drug-likeness (QED) is 0.894. The van der Waals surface area contributed by atoms with Gasteiger partial charge in [0, 0.05) is 31.5 Å². The lowest BCUT2D eigenvalue weighted by Crippen LogP contribution is -2.15. The van der Waals surface area contributed by atoms with Crippen molar-refractivity contribution >= 4 is 23.2 Å². The zero-order valence-electron chi connectivity index (χ0n) is 12.8. The van der Waals surface area contributed by atoms with Gasteiger partial charge in [0.15, 0.2) is 0 Å². The zero-order chi connectivity index (χ0) is 16.1. The van der Waals surface area contributed by atoms with Crippen LogP contribution in [0, 0.1) is 5.92 Å². The smallest absolute Gasteiger partial charge is 0.145 e. The summed E-state index contributed by atoms with van der Waals surface area (Å²) in [6.45, 7) is 2.57. The number of nitrogens with two attached hydrogens (primary N) is 1. The van der Waals surface area contributed by atoms with Crippen molar-refractivity contribution in [2.75, 3.05) is 30.8 Å². The van der Waals surface area contributed by atoms with E-state index in [4.69, 9.17) is 22.1 Å². The van der Waals surface area contributed by atoms with E-state index in [0.29, 0.717) is 22.5 Å². The van der Waals surface area contributed by atoms with Crippen molar-refractivity contribution < 1.29 is 4.74 Å². The van der Waals surface area contributed by atoms with E-state index in [1.54, 1.807) is 18.5 Å². The second-order valence-corrected chi connectivity index (χ2v) is 6.08. The zero-order valence-corrected chi connectivity index (χ0v) is 13.6. The van der Waals surface area contributed by atoms with Crippen LogP contribution in [0.1, 0.15) is 19.3 Å². The molecule has 0 bridgehead atoms. The van der Waals surface area contributed by atoms with Crippen LogP contribution in [0.2, 0.25) is 5.02 Å². The van der Waals surface area contributed by atoms with Gasteiger partial charge >= 0.3 is 0 Å². The van der Waals surface area contributed by atoms with Crippen LogP contribution in [0.3, 0.4) is 0 Å². The maximum Gasteiger partial charge on any atom is 0.145 e. The molecule has 1 fully saturated rings. The fraction of sp³-hybridized carbons (Fsp3) is 0.438. The van der Waals surface area contributed by atoms with E-state index < -0.39 is 0 Å². The van der Waals surface area contributed by atoms with Crippen LogP contribution in [-0.2, 0) is 4.74 Å². The predicted octanol–water partition coefficient (Wildman–Crippen LogP) is 3.00. The van der Waals surface area contributed by atoms with Crippen LogP contribution in [0.4, 0.5) is 11.6 Å². The molecule has 3 N–H and O–H groups in total. The summed E-state index contributed by atoms with van der Waals surface area (Å²) in [5.74, 6) is 1.74. The molecular weight excluding hydrogens is 314 g/mol. The van der Waals surface area contributed by atoms with Gasteiger partial charge in [0.05, 0.1) is 23.1 Å². The van der Waals surface area contributed by atoms with Crippen molar-refractivity contribution in [3.63, 3.8) is 0 Å². The summed E-state index contributed by atoms with van der Waals surface area (Å²) in [4.78, 5) is 12.8. The molecule has 122 valence electrons. The average molecular weight is 334 g/mol. The number of rotatable bonds is 4. The molecule has 3 rings (SSSR count). The van der Waals surface area contributed by atoms with Crippen molar-refractivity contribution in [1.29, 1.82) is 0 Å². The summed E-state index contributed by atoms with van der Waals surface area (Å²) in [5.41, 5.74) is 7.14. The largest absolute Gasteiger partial charge is 0.384 e. The summed E-state index contributed by atoms with van der Waals surface area (Å²) in [6, 6.07) is 1.71. The van der Waals surface area contributed by atoms with Crippen molar-refractivity contribution in [3.8, 4) is 11.3 Å². The number of hydrogen-bond donors (Lipinski definition) is 2. The first-order chi connectivity index (χ1) is 11.2. The Hall–Kier alpha value is -1.92. The molecule has 6 nitrogen and oxygen atoms in total. The van der Waals surface area contributed by atoms with Crippen molar-refractivity contribution in [2.24, 2.45) is 5.92 Å². The molecule has 3 heterocycles. The molecular formula is C16H20ClN5O. The van der Waals surface area contributed by atoms with E-state index in [9.17, 15) is 0 Å². The molecule has 0 aromatic carbocycles. The highest BCUT2D eigenvalue weighted by atomic mass is 35.5. The second kappa shape index (κ2) is 7.57. The molecule has 0 amide bonds. The van der Waals surface area contributed by atoms with Crippen LogP contribution < -0.4 is 11.1 Å². The molecule has 0 spiro atoms. The first-order valence-corrected chi connectivity index (χ1v) is 8.15. The van der Waals surface area contributed by atoms with Crippen LogP contribution in [0.5, 0.6) is 0 Å². The molecule has 0 saturated carbocycles. The van der Waals surface area contributed by atoms with Crippen molar-refractivity contribution in [2.45, 2.75) is 19.3 Å². The molecule has 7 heteroatoms. The third-order valence-corrected chi connectivity index (χ3v) is 4.23. The van der Waals surface area contributed by atoms with Gasteiger partial charge < -0.3 is 15.8 Å². The molecule has 2 aromatic rings. The number of halogens is 1. The number of nitrogens with one attached hydrogen (secondary N) is 1. The Morgan fingerprint density at radius 2 is 2.17 bits per heavy atom. The van der Waals surface area contributed by atoms with Gasteiger partial charge in [-0.15, -0.1) is 0 Å². The van der Waals surface area contributed by atoms with Gasteiger partial charge in [-0.05, 0) is 31.2 Å². The van der Waals surface area contributed by atoms with Gasteiger partial charge in [0.1, 0.15) is 11.6 Å². The maximum absolute atomic E-state index is 6.18. The standard InChI is InChI=1S/C16H20ClN5O/c17-13-8-20-15(18)6-12(13)14-9-19-10-16(22-14)21-7-11-2-1-4-23-5-3-11/h6,8-11H,1-5,7H2,(H2,18,20)(H,21,22). The molecule has 1 aliphatic heterocycles. The Balaban J connectivity index is 1.71. The number of ether oxygens (including phenoxy) is 1. The van der Waals surface area contributed by atoms with E-state index in [1.807, 2.05) is 0 Å². The van der Waals surface area contributed by atoms with E-state index in [0.717, 1.165) is 44.0 Å². The summed E-state index contributed by atoms with van der Waals surface area (Å²) >= 11 is 6.18. The molecule has 1 aliphatic rings. The lowest BCUT2D eigenvalue weighted by atomic mass is 10.0. The topological polar surface area (TPSA) is 86.0 Å². The summed E-state index contributed by atoms with van der Waals surface area (Å²) in [7, 11) is 0. The Labute approximate surface area is 140 Å². The highest BCUT2D eigenvalue weighted by Gasteiger charge is 2.13. The number of hydrogen-bond acceptors (Lipinski definition) is 6. The maximum atomic E-state index is 6.18. The van der Waals surface area contributed by atoms with Crippen LogP contribution in [-0.4, -0.2) is 34.7 Å². The van der Waals surface area contributed by atoms with E-state index in [-0.39, 0.29) is 0 Å². The number of aromatic nitrogens is 3. The van der Waals surface area contributed by atoms with Crippen LogP contribution in [0.25, 0.3) is 11.3 Å². The van der Waals surface area contributed by atoms with Gasteiger partial charge in [-0.2, -0.15) is 0 Å². The lowest BCUT2D eigenvalue weighted by Gasteiger charge is -2.15. The number of pyridine rings is 1. The van der Waals surface area contributed by atoms with E-state index in [2.05, 4.69) is 20.3 Å². The minimum atomic E-state index is 0.406. The van der Waals surface area contributed by atoms with Gasteiger partial charge in [0.2, 0.25) is 0 Å². The van der Waals surface area contributed by atoms with Crippen molar-refractivity contribution in [3.05, 3.63) is 29.7 Å². The number of nitrogen functional groups attached to an aromatic ring is 1. The fourth-order valence-electron chi connectivity index (χ4n) is 2.66. The molecule has 23 heavy (non-hydrogen) atoms. The van der Waals surface area contributed by atoms with Crippen LogP contribution >= 0.6 is 11.6 Å². The monoisotopic (exact) mass is 333 g/mol. The summed E-state index contributed by atoms with van der Waals surface area (Å²) in [6.07, 6.45) is 8.28. The van der Waals surface area contributed by atoms with Gasteiger partial charge in [0.25, 0.3) is 0 Å². The molecule has 2 aromatic heterocycles. The van der Waals surface area contributed by atoms with Gasteiger partial charge in [-0.25, -0.2) is 9.97 Å². The Morgan fingerprint density at radius 3 is 3.09 bits per heavy atom. The normalized spacial score (nSPS) is 18.4. The van der Waals surface area contributed by atoms with Gasteiger partial charge in [-0.3, -0.25) is 4.98 Å². The molecule has 1 unspecified atom stereocenters. The SMILES string of the molecule is Nc1cc(-c2cncc(NCC3CCCOCC3)n2)c(Cl)cn1. The number of anilines is 2.